The molecule has 0 aliphatic rings. The lowest BCUT2D eigenvalue weighted by molar-refractivity contribution is -0.137. The molecule has 0 bridgehead atoms. The molecule has 0 fully saturated rings. The number of rotatable bonds is 5. The first kappa shape index (κ1) is 13.0. The molecule has 5 nitrogen and oxygen atoms in total. The first-order chi connectivity index (χ1) is 9.16. The van der Waals surface area contributed by atoms with Gasteiger partial charge in [0.25, 0.3) is 5.91 Å². The van der Waals surface area contributed by atoms with Gasteiger partial charge in [-0.25, -0.2) is 0 Å². The summed E-state index contributed by atoms with van der Waals surface area (Å²) in [5.41, 5.74) is 0.564. The van der Waals surface area contributed by atoms with Gasteiger partial charge in [0.1, 0.15) is 0 Å². The summed E-state index contributed by atoms with van der Waals surface area (Å²) in [6.07, 6.45) is 3.91. The van der Waals surface area contributed by atoms with E-state index in [-0.39, 0.29) is 12.3 Å². The summed E-state index contributed by atoms with van der Waals surface area (Å²) < 4.78 is 0. The minimum absolute atomic E-state index is 0.0592. The highest BCUT2D eigenvalue weighted by Gasteiger charge is 2.06. The number of carbonyl (C=O) groups excluding carboxylic acids is 1. The number of pyridine rings is 1. The molecule has 0 aliphatic heterocycles. The maximum atomic E-state index is 11.9. The fourth-order valence-electron chi connectivity index (χ4n) is 1.77. The summed E-state index contributed by atoms with van der Waals surface area (Å²) in [5.74, 6) is -1.04. The first-order valence-electron chi connectivity index (χ1n) is 6.00. The number of hydrogen-bond donors (Lipinski definition) is 2. The van der Waals surface area contributed by atoms with Crippen LogP contribution in [0.5, 0.6) is 0 Å². The monoisotopic (exact) mass is 258 g/mol. The smallest absolute Gasteiger partial charge is 0.303 e. The molecule has 2 aromatic rings. The molecule has 2 rings (SSSR count). The molecule has 2 N–H and O–H groups in total. The van der Waals surface area contributed by atoms with Gasteiger partial charge in [-0.2, -0.15) is 0 Å². The number of carboxylic acids is 1. The Morgan fingerprint density at radius 2 is 2.05 bits per heavy atom. The molecule has 1 amide bonds. The zero-order chi connectivity index (χ0) is 13.7. The fraction of sp³-hybridized carbons (Fsp3) is 0.214. The average molecular weight is 258 g/mol. The van der Waals surface area contributed by atoms with Gasteiger partial charge in [0.2, 0.25) is 0 Å². The summed E-state index contributed by atoms with van der Waals surface area (Å²) in [7, 11) is 0. The lowest BCUT2D eigenvalue weighted by Crippen LogP contribution is -2.24. The number of fused-ring (bicyclic) bond motifs is 1. The summed E-state index contributed by atoms with van der Waals surface area (Å²) in [6, 6.07) is 7.21. The van der Waals surface area contributed by atoms with Crippen LogP contribution in [-0.2, 0) is 4.79 Å². The van der Waals surface area contributed by atoms with Crippen LogP contribution >= 0.6 is 0 Å². The van der Waals surface area contributed by atoms with Crippen molar-refractivity contribution in [2.45, 2.75) is 12.8 Å². The quantitative estimate of drug-likeness (QED) is 0.802. The summed E-state index contributed by atoms with van der Waals surface area (Å²) in [5, 5.41) is 13.1. The molecular weight excluding hydrogens is 244 g/mol. The Hall–Kier alpha value is -2.43. The number of carbonyl (C=O) groups is 2. The Morgan fingerprint density at radius 1 is 1.21 bits per heavy atom. The Kier molecular flexibility index (Phi) is 4.07. The summed E-state index contributed by atoms with van der Waals surface area (Å²) >= 11 is 0. The van der Waals surface area contributed by atoms with Crippen molar-refractivity contribution in [3.63, 3.8) is 0 Å². The SMILES string of the molecule is O=C(O)CCCNC(=O)c1ccc2cnccc2c1. The van der Waals surface area contributed by atoms with E-state index < -0.39 is 5.97 Å². The Morgan fingerprint density at radius 3 is 2.84 bits per heavy atom. The number of nitrogens with zero attached hydrogens (tertiary/aromatic N) is 1. The third-order valence-corrected chi connectivity index (χ3v) is 2.76. The number of hydrogen-bond acceptors (Lipinski definition) is 3. The molecule has 1 aromatic carbocycles. The largest absolute Gasteiger partial charge is 0.481 e. The molecule has 0 aliphatic carbocycles. The molecule has 1 heterocycles. The van der Waals surface area contributed by atoms with Gasteiger partial charge in [0.05, 0.1) is 0 Å². The van der Waals surface area contributed by atoms with Gasteiger partial charge >= 0.3 is 5.97 Å². The lowest BCUT2D eigenvalue weighted by Gasteiger charge is -2.05. The van der Waals surface area contributed by atoms with E-state index >= 15 is 0 Å². The van der Waals surface area contributed by atoms with Crippen LogP contribution in [0.25, 0.3) is 10.8 Å². The molecule has 0 atom stereocenters. The van der Waals surface area contributed by atoms with Crippen LogP contribution in [0.2, 0.25) is 0 Å². The topological polar surface area (TPSA) is 79.3 Å². The number of carboxylic acid groups (broad SMARTS) is 1. The second-order valence-electron chi connectivity index (χ2n) is 4.19. The molecule has 19 heavy (non-hydrogen) atoms. The van der Waals surface area contributed by atoms with Crippen molar-refractivity contribution < 1.29 is 14.7 Å². The van der Waals surface area contributed by atoms with Crippen molar-refractivity contribution in [1.29, 1.82) is 0 Å². The second kappa shape index (κ2) is 5.95. The van der Waals surface area contributed by atoms with Crippen LogP contribution in [0.15, 0.2) is 36.7 Å². The van der Waals surface area contributed by atoms with Crippen LogP contribution in [0.1, 0.15) is 23.2 Å². The third kappa shape index (κ3) is 3.51. The predicted molar refractivity (Wildman–Crippen MR) is 70.9 cm³/mol. The van der Waals surface area contributed by atoms with E-state index in [4.69, 9.17) is 5.11 Å². The number of aromatic nitrogens is 1. The Balaban J connectivity index is 1.99. The van der Waals surface area contributed by atoms with Crippen LogP contribution in [0.4, 0.5) is 0 Å². The molecule has 5 heteroatoms. The summed E-state index contributed by atoms with van der Waals surface area (Å²) in [6.45, 7) is 0.361. The van der Waals surface area contributed by atoms with Crippen molar-refractivity contribution in [3.05, 3.63) is 42.2 Å². The van der Waals surface area contributed by atoms with Crippen molar-refractivity contribution in [2.24, 2.45) is 0 Å². The van der Waals surface area contributed by atoms with E-state index in [1.165, 1.54) is 0 Å². The van der Waals surface area contributed by atoms with Crippen LogP contribution in [0.3, 0.4) is 0 Å². The van der Waals surface area contributed by atoms with Crippen LogP contribution in [-0.4, -0.2) is 28.5 Å². The molecule has 0 radical (unpaired) electrons. The van der Waals surface area contributed by atoms with E-state index in [0.29, 0.717) is 18.5 Å². The Labute approximate surface area is 110 Å². The third-order valence-electron chi connectivity index (χ3n) is 2.76. The van der Waals surface area contributed by atoms with Gasteiger partial charge in [-0.15, -0.1) is 0 Å². The highest BCUT2D eigenvalue weighted by molar-refractivity contribution is 5.98. The first-order valence-corrected chi connectivity index (χ1v) is 6.00. The number of benzene rings is 1. The van der Waals surface area contributed by atoms with Gasteiger partial charge in [-0.05, 0) is 30.0 Å². The number of aliphatic carboxylic acids is 1. The van der Waals surface area contributed by atoms with E-state index in [2.05, 4.69) is 10.3 Å². The van der Waals surface area contributed by atoms with Gasteiger partial charge < -0.3 is 10.4 Å². The molecule has 1 aromatic heterocycles. The van der Waals surface area contributed by atoms with Crippen molar-refractivity contribution >= 4 is 22.6 Å². The molecule has 0 spiro atoms. The molecular formula is C14H14N2O3. The number of amides is 1. The normalized spacial score (nSPS) is 10.3. The van der Waals surface area contributed by atoms with Crippen LogP contribution in [0, 0.1) is 0 Å². The van der Waals surface area contributed by atoms with Gasteiger partial charge in [-0.3, -0.25) is 14.6 Å². The summed E-state index contributed by atoms with van der Waals surface area (Å²) in [4.78, 5) is 26.2. The van der Waals surface area contributed by atoms with E-state index in [1.807, 2.05) is 12.1 Å². The number of nitrogens with one attached hydrogen (secondary N) is 1. The van der Waals surface area contributed by atoms with E-state index in [9.17, 15) is 9.59 Å². The zero-order valence-electron chi connectivity index (χ0n) is 10.3. The fourth-order valence-corrected chi connectivity index (χ4v) is 1.77. The average Bonchev–Trinajstić information content (AvgIpc) is 2.42. The van der Waals surface area contributed by atoms with Crippen molar-refractivity contribution in [1.82, 2.24) is 10.3 Å². The predicted octanol–water partition coefficient (Wildman–Crippen LogP) is 1.83. The molecule has 0 unspecified atom stereocenters. The minimum atomic E-state index is -0.854. The standard InChI is InChI=1S/C14H14N2O3/c17-13(18)2-1-6-16-14(19)11-3-4-12-9-15-7-5-10(12)8-11/h3-5,7-9H,1-2,6H2,(H,16,19)(H,17,18). The van der Waals surface area contributed by atoms with Crippen LogP contribution < -0.4 is 5.32 Å². The van der Waals surface area contributed by atoms with Gasteiger partial charge in [-0.1, -0.05) is 6.07 Å². The highest BCUT2D eigenvalue weighted by Crippen LogP contribution is 2.14. The second-order valence-corrected chi connectivity index (χ2v) is 4.19. The molecule has 98 valence electrons. The van der Waals surface area contributed by atoms with Crippen molar-refractivity contribution in [3.8, 4) is 0 Å². The molecule has 0 saturated heterocycles. The van der Waals surface area contributed by atoms with Gasteiger partial charge in [0, 0.05) is 36.3 Å². The van der Waals surface area contributed by atoms with Gasteiger partial charge in [0.15, 0.2) is 0 Å². The minimum Gasteiger partial charge on any atom is -0.481 e. The van der Waals surface area contributed by atoms with E-state index in [0.717, 1.165) is 10.8 Å². The maximum absolute atomic E-state index is 11.9. The van der Waals surface area contributed by atoms with Crippen molar-refractivity contribution in [2.75, 3.05) is 6.54 Å². The Bertz CT molecular complexity index is 610. The highest BCUT2D eigenvalue weighted by atomic mass is 16.4. The maximum Gasteiger partial charge on any atom is 0.303 e. The zero-order valence-corrected chi connectivity index (χ0v) is 10.3. The molecule has 0 saturated carbocycles. The lowest BCUT2D eigenvalue weighted by atomic mass is 10.1. The van der Waals surface area contributed by atoms with E-state index in [1.54, 1.807) is 24.5 Å².